The molecule has 1 aromatic carbocycles. The van der Waals surface area contributed by atoms with Crippen molar-refractivity contribution in [3.05, 3.63) is 59.9 Å². The molecular weight excluding hydrogens is 418 g/mol. The molecule has 0 spiro atoms. The lowest BCUT2D eigenvalue weighted by Gasteiger charge is -2.46. The number of pyridine rings is 1. The van der Waals surface area contributed by atoms with Crippen LogP contribution in [0, 0.1) is 0 Å². The average molecular weight is 452 g/mol. The Balaban J connectivity index is 1.71. The Labute approximate surface area is 195 Å². The number of rotatable bonds is 5. The fourth-order valence-electron chi connectivity index (χ4n) is 5.35. The first-order valence-corrected chi connectivity index (χ1v) is 11.6. The van der Waals surface area contributed by atoms with Gasteiger partial charge in [0.1, 0.15) is 11.2 Å². The summed E-state index contributed by atoms with van der Waals surface area (Å²) in [6, 6.07) is 13.5. The van der Waals surface area contributed by atoms with E-state index in [1.807, 2.05) is 47.4 Å². The monoisotopic (exact) mass is 451 g/mol. The van der Waals surface area contributed by atoms with Crippen molar-refractivity contribution >= 4 is 11.8 Å². The second-order valence-corrected chi connectivity index (χ2v) is 9.25. The van der Waals surface area contributed by atoms with Crippen molar-refractivity contribution < 1.29 is 19.1 Å². The van der Waals surface area contributed by atoms with Crippen molar-refractivity contribution in [2.75, 3.05) is 47.5 Å². The number of ether oxygens (including phenoxy) is 2. The molecule has 3 heterocycles. The number of carbonyl (C=O) groups is 2. The van der Waals surface area contributed by atoms with E-state index >= 15 is 0 Å². The standard InChI is InChI=1S/C26H33N3O4/c1-28(2)23(30)26(22-7-4-5-15-27-22)12-6-16-29(19-26)24(31)25(13-17-33-18-14-25)20-8-10-21(32-3)11-9-20/h4-5,7-11,15H,6,12-14,16-19H2,1-3H3. The maximum Gasteiger partial charge on any atom is 0.236 e. The van der Waals surface area contributed by atoms with Crippen LogP contribution in [-0.2, 0) is 25.2 Å². The van der Waals surface area contributed by atoms with Crippen LogP contribution >= 0.6 is 0 Å². The van der Waals surface area contributed by atoms with Gasteiger partial charge in [-0.25, -0.2) is 0 Å². The number of piperidine rings is 1. The van der Waals surface area contributed by atoms with E-state index < -0.39 is 10.8 Å². The highest BCUT2D eigenvalue weighted by atomic mass is 16.5. The van der Waals surface area contributed by atoms with Crippen LogP contribution in [0.1, 0.15) is 36.9 Å². The summed E-state index contributed by atoms with van der Waals surface area (Å²) in [5.41, 5.74) is 0.195. The van der Waals surface area contributed by atoms with Gasteiger partial charge in [-0.05, 0) is 55.5 Å². The van der Waals surface area contributed by atoms with Gasteiger partial charge in [-0.2, -0.15) is 0 Å². The van der Waals surface area contributed by atoms with Gasteiger partial charge in [-0.1, -0.05) is 18.2 Å². The third-order valence-electron chi connectivity index (χ3n) is 7.15. The van der Waals surface area contributed by atoms with Crippen molar-refractivity contribution in [1.82, 2.24) is 14.8 Å². The first-order chi connectivity index (χ1) is 15.9. The molecule has 1 atom stereocenters. The number of likely N-dealkylation sites (tertiary alicyclic amines) is 1. The molecule has 2 saturated heterocycles. The van der Waals surface area contributed by atoms with Crippen LogP contribution in [0.4, 0.5) is 0 Å². The molecule has 33 heavy (non-hydrogen) atoms. The zero-order valence-corrected chi connectivity index (χ0v) is 19.8. The Morgan fingerprint density at radius 3 is 2.36 bits per heavy atom. The van der Waals surface area contributed by atoms with Crippen molar-refractivity contribution in [2.45, 2.75) is 36.5 Å². The van der Waals surface area contributed by atoms with Crippen molar-refractivity contribution in [1.29, 1.82) is 0 Å². The molecule has 1 unspecified atom stereocenters. The van der Waals surface area contributed by atoms with Crippen molar-refractivity contribution in [3.8, 4) is 5.75 Å². The first-order valence-electron chi connectivity index (χ1n) is 11.6. The lowest BCUT2D eigenvalue weighted by atomic mass is 9.70. The van der Waals surface area contributed by atoms with E-state index in [0.29, 0.717) is 45.6 Å². The minimum Gasteiger partial charge on any atom is -0.497 e. The van der Waals surface area contributed by atoms with Crippen LogP contribution in [0.3, 0.4) is 0 Å². The Morgan fingerprint density at radius 1 is 1.03 bits per heavy atom. The lowest BCUT2D eigenvalue weighted by Crippen LogP contribution is -2.59. The minimum atomic E-state index is -0.842. The van der Waals surface area contributed by atoms with Gasteiger partial charge in [-0.3, -0.25) is 14.6 Å². The molecule has 4 rings (SSSR count). The third-order valence-corrected chi connectivity index (χ3v) is 7.15. The zero-order valence-electron chi connectivity index (χ0n) is 19.8. The van der Waals surface area contributed by atoms with Crippen molar-refractivity contribution in [2.24, 2.45) is 0 Å². The molecule has 7 nitrogen and oxygen atoms in total. The summed E-state index contributed by atoms with van der Waals surface area (Å²) in [6.45, 7) is 2.03. The number of aromatic nitrogens is 1. The number of amides is 2. The van der Waals surface area contributed by atoms with E-state index in [9.17, 15) is 9.59 Å². The molecule has 0 aliphatic carbocycles. The summed E-state index contributed by atoms with van der Waals surface area (Å²) in [5.74, 6) is 0.823. The Morgan fingerprint density at radius 2 is 1.76 bits per heavy atom. The molecule has 0 saturated carbocycles. The van der Waals surface area contributed by atoms with Gasteiger partial charge in [0, 0.05) is 46.6 Å². The molecule has 0 N–H and O–H groups in total. The SMILES string of the molecule is COc1ccc(C2(C(=O)N3CCCC(C(=O)N(C)C)(c4ccccn4)C3)CCOCC2)cc1. The smallest absolute Gasteiger partial charge is 0.236 e. The van der Waals surface area contributed by atoms with Gasteiger partial charge in [0.05, 0.1) is 18.2 Å². The van der Waals surface area contributed by atoms with E-state index in [1.165, 1.54) is 0 Å². The molecule has 2 aromatic rings. The minimum absolute atomic E-state index is 0.0100. The molecular formula is C26H33N3O4. The summed E-state index contributed by atoms with van der Waals surface area (Å²) in [5, 5.41) is 0. The summed E-state index contributed by atoms with van der Waals surface area (Å²) in [7, 11) is 5.17. The number of hydrogen-bond donors (Lipinski definition) is 0. The molecule has 0 bridgehead atoms. The number of carbonyl (C=O) groups excluding carboxylic acids is 2. The topological polar surface area (TPSA) is 72.0 Å². The molecule has 1 aromatic heterocycles. The molecule has 7 heteroatoms. The van der Waals surface area contributed by atoms with Gasteiger partial charge in [0.2, 0.25) is 11.8 Å². The second-order valence-electron chi connectivity index (χ2n) is 9.25. The zero-order chi connectivity index (χ0) is 23.5. The van der Waals surface area contributed by atoms with E-state index in [4.69, 9.17) is 9.47 Å². The van der Waals surface area contributed by atoms with Gasteiger partial charge in [0.15, 0.2) is 0 Å². The van der Waals surface area contributed by atoms with E-state index in [-0.39, 0.29) is 11.8 Å². The van der Waals surface area contributed by atoms with E-state index in [1.54, 1.807) is 32.3 Å². The van der Waals surface area contributed by atoms with Crippen LogP contribution in [0.2, 0.25) is 0 Å². The highest BCUT2D eigenvalue weighted by Crippen LogP contribution is 2.41. The highest BCUT2D eigenvalue weighted by molar-refractivity contribution is 5.92. The van der Waals surface area contributed by atoms with Crippen LogP contribution < -0.4 is 4.74 Å². The summed E-state index contributed by atoms with van der Waals surface area (Å²) in [4.78, 5) is 35.8. The fraction of sp³-hybridized carbons (Fsp3) is 0.500. The summed E-state index contributed by atoms with van der Waals surface area (Å²) >= 11 is 0. The molecule has 2 amide bonds. The Kier molecular flexibility index (Phi) is 6.70. The van der Waals surface area contributed by atoms with Gasteiger partial charge in [0.25, 0.3) is 0 Å². The molecule has 2 aliphatic heterocycles. The summed E-state index contributed by atoms with van der Waals surface area (Å²) < 4.78 is 11.0. The number of hydrogen-bond acceptors (Lipinski definition) is 5. The predicted molar refractivity (Wildman–Crippen MR) is 125 cm³/mol. The largest absolute Gasteiger partial charge is 0.497 e. The first kappa shape index (κ1) is 23.2. The third kappa shape index (κ3) is 4.22. The number of benzene rings is 1. The van der Waals surface area contributed by atoms with Crippen molar-refractivity contribution in [3.63, 3.8) is 0 Å². The molecule has 0 radical (unpaired) electrons. The van der Waals surface area contributed by atoms with Gasteiger partial charge >= 0.3 is 0 Å². The van der Waals surface area contributed by atoms with Gasteiger partial charge < -0.3 is 19.3 Å². The maximum atomic E-state index is 14.2. The quantitative estimate of drug-likeness (QED) is 0.699. The lowest BCUT2D eigenvalue weighted by molar-refractivity contribution is -0.147. The molecule has 2 fully saturated rings. The molecule has 2 aliphatic rings. The van der Waals surface area contributed by atoms with E-state index in [2.05, 4.69) is 4.98 Å². The summed E-state index contributed by atoms with van der Waals surface area (Å²) in [6.07, 6.45) is 4.37. The Bertz CT molecular complexity index is 971. The van der Waals surface area contributed by atoms with Crippen LogP contribution in [0.15, 0.2) is 48.7 Å². The van der Waals surface area contributed by atoms with Gasteiger partial charge in [-0.15, -0.1) is 0 Å². The average Bonchev–Trinajstić information content (AvgIpc) is 2.88. The van der Waals surface area contributed by atoms with Crippen LogP contribution in [0.5, 0.6) is 5.75 Å². The number of nitrogens with zero attached hydrogens (tertiary/aromatic N) is 3. The normalized spacial score (nSPS) is 22.5. The van der Waals surface area contributed by atoms with E-state index in [0.717, 1.165) is 23.4 Å². The Hall–Kier alpha value is -2.93. The maximum absolute atomic E-state index is 14.2. The van der Waals surface area contributed by atoms with Crippen LogP contribution in [-0.4, -0.2) is 74.1 Å². The number of likely N-dealkylation sites (N-methyl/N-ethyl adjacent to an activating group) is 1. The second kappa shape index (κ2) is 9.51. The van der Waals surface area contributed by atoms with Crippen LogP contribution in [0.25, 0.3) is 0 Å². The highest BCUT2D eigenvalue weighted by Gasteiger charge is 2.51. The fourth-order valence-corrected chi connectivity index (χ4v) is 5.35. The number of methoxy groups -OCH3 is 1. The molecule has 176 valence electrons. The predicted octanol–water partition coefficient (Wildman–Crippen LogP) is 2.79.